The first-order valence-corrected chi connectivity index (χ1v) is 7.58. The number of hydrogen-bond donors (Lipinski definition) is 1. The molecule has 1 aromatic heterocycles. The molecule has 2 aromatic rings. The third-order valence-electron chi connectivity index (χ3n) is 3.66. The predicted molar refractivity (Wildman–Crippen MR) is 88.4 cm³/mol. The van der Waals surface area contributed by atoms with Crippen molar-refractivity contribution in [1.82, 2.24) is 15.4 Å². The number of ether oxygens (including phenoxy) is 1. The van der Waals surface area contributed by atoms with E-state index in [0.717, 1.165) is 5.56 Å². The van der Waals surface area contributed by atoms with Crippen LogP contribution in [0.1, 0.15) is 17.4 Å². The van der Waals surface area contributed by atoms with Crippen molar-refractivity contribution in [1.29, 1.82) is 0 Å². The van der Waals surface area contributed by atoms with Crippen LogP contribution in [0.5, 0.6) is 0 Å². The Balaban J connectivity index is 1.91. The summed E-state index contributed by atoms with van der Waals surface area (Å²) < 4.78 is 10.2. The van der Waals surface area contributed by atoms with E-state index in [-0.39, 0.29) is 24.2 Å². The molecule has 0 aliphatic rings. The number of benzene rings is 1. The molecular formula is C17H21N3O4. The number of carbonyl (C=O) groups excluding carboxylic acids is 2. The van der Waals surface area contributed by atoms with E-state index >= 15 is 0 Å². The van der Waals surface area contributed by atoms with Crippen molar-refractivity contribution < 1.29 is 18.8 Å². The number of amides is 2. The maximum absolute atomic E-state index is 12.1. The Labute approximate surface area is 140 Å². The molecule has 1 aromatic carbocycles. The van der Waals surface area contributed by atoms with Gasteiger partial charge >= 0.3 is 0 Å². The lowest BCUT2D eigenvalue weighted by Crippen LogP contribution is -2.43. The summed E-state index contributed by atoms with van der Waals surface area (Å²) in [6.07, 6.45) is 0. The molecule has 128 valence electrons. The maximum atomic E-state index is 12.1. The minimum atomic E-state index is -0.456. The van der Waals surface area contributed by atoms with Gasteiger partial charge in [0.25, 0.3) is 5.91 Å². The van der Waals surface area contributed by atoms with E-state index in [1.807, 2.05) is 37.3 Å². The van der Waals surface area contributed by atoms with E-state index in [0.29, 0.717) is 12.4 Å². The van der Waals surface area contributed by atoms with Crippen LogP contribution in [0.25, 0.3) is 11.3 Å². The molecule has 0 radical (unpaired) electrons. The van der Waals surface area contributed by atoms with E-state index in [2.05, 4.69) is 10.5 Å². The summed E-state index contributed by atoms with van der Waals surface area (Å²) in [7, 11) is 3.24. The van der Waals surface area contributed by atoms with Gasteiger partial charge in [-0.15, -0.1) is 0 Å². The zero-order valence-corrected chi connectivity index (χ0v) is 14.0. The number of methoxy groups -OCH3 is 1. The topological polar surface area (TPSA) is 84.7 Å². The van der Waals surface area contributed by atoms with E-state index in [4.69, 9.17) is 9.26 Å². The Morgan fingerprint density at radius 3 is 2.71 bits per heavy atom. The van der Waals surface area contributed by atoms with Crippen molar-refractivity contribution in [3.63, 3.8) is 0 Å². The van der Waals surface area contributed by atoms with Crippen molar-refractivity contribution in [2.45, 2.75) is 13.0 Å². The average Bonchev–Trinajstić information content (AvgIpc) is 3.10. The van der Waals surface area contributed by atoms with Crippen LogP contribution in [-0.4, -0.2) is 55.2 Å². The molecule has 2 amide bonds. The van der Waals surface area contributed by atoms with Crippen molar-refractivity contribution in [3.8, 4) is 11.3 Å². The number of rotatable bonds is 7. The zero-order valence-electron chi connectivity index (χ0n) is 14.0. The molecule has 0 spiro atoms. The van der Waals surface area contributed by atoms with Crippen LogP contribution < -0.4 is 5.32 Å². The molecule has 0 bridgehead atoms. The first-order chi connectivity index (χ1) is 11.5. The highest BCUT2D eigenvalue weighted by Crippen LogP contribution is 2.19. The quantitative estimate of drug-likeness (QED) is 0.832. The monoisotopic (exact) mass is 331 g/mol. The van der Waals surface area contributed by atoms with Crippen LogP contribution in [0.4, 0.5) is 0 Å². The van der Waals surface area contributed by atoms with Crippen LogP contribution in [-0.2, 0) is 9.53 Å². The lowest BCUT2D eigenvalue weighted by molar-refractivity contribution is -0.131. The minimum absolute atomic E-state index is 0.0730. The summed E-state index contributed by atoms with van der Waals surface area (Å²) in [5, 5.41) is 6.30. The zero-order chi connectivity index (χ0) is 17.5. The predicted octanol–water partition coefficient (Wildman–Crippen LogP) is 1.56. The first kappa shape index (κ1) is 17.7. The number of hydrogen-bond acceptors (Lipinski definition) is 5. The van der Waals surface area contributed by atoms with Crippen LogP contribution in [0.2, 0.25) is 0 Å². The lowest BCUT2D eigenvalue weighted by Gasteiger charge is -2.24. The molecule has 7 heteroatoms. The fourth-order valence-corrected chi connectivity index (χ4v) is 2.09. The molecule has 0 saturated heterocycles. The molecule has 0 aliphatic carbocycles. The lowest BCUT2D eigenvalue weighted by atomic mass is 10.1. The molecule has 1 atom stereocenters. The van der Waals surface area contributed by atoms with Crippen molar-refractivity contribution in [2.24, 2.45) is 0 Å². The van der Waals surface area contributed by atoms with Gasteiger partial charge in [-0.2, -0.15) is 0 Å². The SMILES string of the molecule is COC[C@@H](C)N(C)C(=O)CNC(=O)c1cc(-c2ccccc2)on1. The van der Waals surface area contributed by atoms with Gasteiger partial charge in [0.2, 0.25) is 5.91 Å². The fourth-order valence-electron chi connectivity index (χ4n) is 2.09. The van der Waals surface area contributed by atoms with E-state index in [1.54, 1.807) is 20.2 Å². The number of nitrogens with zero attached hydrogens (tertiary/aromatic N) is 2. The van der Waals surface area contributed by atoms with Gasteiger partial charge in [0.05, 0.1) is 19.2 Å². The average molecular weight is 331 g/mol. The first-order valence-electron chi connectivity index (χ1n) is 7.58. The molecule has 0 fully saturated rings. The molecule has 0 unspecified atom stereocenters. The van der Waals surface area contributed by atoms with Gasteiger partial charge < -0.3 is 19.5 Å². The van der Waals surface area contributed by atoms with Gasteiger partial charge in [0.15, 0.2) is 11.5 Å². The van der Waals surface area contributed by atoms with Gasteiger partial charge in [0, 0.05) is 25.8 Å². The second-order valence-corrected chi connectivity index (χ2v) is 5.43. The second kappa shape index (κ2) is 8.26. The number of likely N-dealkylation sites (N-methyl/N-ethyl adjacent to an activating group) is 1. The molecule has 0 saturated carbocycles. The van der Waals surface area contributed by atoms with E-state index in [9.17, 15) is 9.59 Å². The van der Waals surface area contributed by atoms with Gasteiger partial charge in [0.1, 0.15) is 0 Å². The second-order valence-electron chi connectivity index (χ2n) is 5.43. The number of carbonyl (C=O) groups is 2. The standard InChI is InChI=1S/C17H21N3O4/c1-12(11-23-3)20(2)16(21)10-18-17(22)14-9-15(24-19-14)13-7-5-4-6-8-13/h4-9,12H,10-11H2,1-3H3,(H,18,22)/t12-/m1/s1. The van der Waals surface area contributed by atoms with Gasteiger partial charge in [-0.3, -0.25) is 9.59 Å². The summed E-state index contributed by atoms with van der Waals surface area (Å²) in [6.45, 7) is 2.18. The van der Waals surface area contributed by atoms with Crippen molar-refractivity contribution in [2.75, 3.05) is 27.3 Å². The Morgan fingerprint density at radius 1 is 1.33 bits per heavy atom. The van der Waals surface area contributed by atoms with E-state index in [1.165, 1.54) is 4.90 Å². The Hall–Kier alpha value is -2.67. The molecule has 1 heterocycles. The Kier molecular flexibility index (Phi) is 6.08. The molecule has 0 aliphatic heterocycles. The molecular weight excluding hydrogens is 310 g/mol. The molecule has 1 N–H and O–H groups in total. The highest BCUT2D eigenvalue weighted by atomic mass is 16.5. The van der Waals surface area contributed by atoms with Crippen LogP contribution in [0, 0.1) is 0 Å². The van der Waals surface area contributed by atoms with Crippen LogP contribution >= 0.6 is 0 Å². The fraction of sp³-hybridized carbons (Fsp3) is 0.353. The molecule has 2 rings (SSSR count). The summed E-state index contributed by atoms with van der Waals surface area (Å²) in [5.74, 6) is -0.167. The highest BCUT2D eigenvalue weighted by molar-refractivity contribution is 5.95. The maximum Gasteiger partial charge on any atom is 0.273 e. The van der Waals surface area contributed by atoms with Gasteiger partial charge in [-0.1, -0.05) is 35.5 Å². The summed E-state index contributed by atoms with van der Waals surface area (Å²) in [6, 6.07) is 10.8. The number of nitrogens with one attached hydrogen (secondary N) is 1. The molecule has 24 heavy (non-hydrogen) atoms. The van der Waals surface area contributed by atoms with Gasteiger partial charge in [-0.05, 0) is 6.92 Å². The summed E-state index contributed by atoms with van der Waals surface area (Å²) >= 11 is 0. The van der Waals surface area contributed by atoms with Crippen LogP contribution in [0.15, 0.2) is 40.9 Å². The third-order valence-corrected chi connectivity index (χ3v) is 3.66. The normalized spacial score (nSPS) is 11.8. The third kappa shape index (κ3) is 4.42. The van der Waals surface area contributed by atoms with Crippen molar-refractivity contribution >= 4 is 11.8 Å². The van der Waals surface area contributed by atoms with Crippen molar-refractivity contribution in [3.05, 3.63) is 42.1 Å². The number of aromatic nitrogens is 1. The highest BCUT2D eigenvalue weighted by Gasteiger charge is 2.18. The summed E-state index contributed by atoms with van der Waals surface area (Å²) in [4.78, 5) is 25.6. The van der Waals surface area contributed by atoms with E-state index < -0.39 is 5.91 Å². The minimum Gasteiger partial charge on any atom is -0.383 e. The summed E-state index contributed by atoms with van der Waals surface area (Å²) in [5.41, 5.74) is 0.961. The van der Waals surface area contributed by atoms with Crippen LogP contribution in [0.3, 0.4) is 0 Å². The molecule has 7 nitrogen and oxygen atoms in total. The Bertz CT molecular complexity index is 684. The Morgan fingerprint density at radius 2 is 2.04 bits per heavy atom. The smallest absolute Gasteiger partial charge is 0.273 e. The largest absolute Gasteiger partial charge is 0.383 e. The van der Waals surface area contributed by atoms with Gasteiger partial charge in [-0.25, -0.2) is 0 Å².